The summed E-state index contributed by atoms with van der Waals surface area (Å²) in [7, 11) is 0. The summed E-state index contributed by atoms with van der Waals surface area (Å²) in [4.78, 5) is 3.20. The van der Waals surface area contributed by atoms with Crippen molar-refractivity contribution in [3.05, 3.63) is 59.2 Å². The first-order valence-electron chi connectivity index (χ1n) is 8.71. The fraction of sp³-hybridized carbons (Fsp3) is 0.333. The van der Waals surface area contributed by atoms with E-state index in [1.165, 1.54) is 18.1 Å². The molecule has 128 valence electrons. The van der Waals surface area contributed by atoms with Crippen LogP contribution in [-0.4, -0.2) is 4.98 Å². The SMILES string of the molecule is CC.Cc1ccc(-c2[nH]c3c(F)cc(F)cc3c2C2CCC2)cc1.[HH]. The van der Waals surface area contributed by atoms with Gasteiger partial charge in [-0.1, -0.05) is 50.1 Å². The molecule has 4 rings (SSSR count). The highest BCUT2D eigenvalue weighted by Gasteiger charge is 2.27. The van der Waals surface area contributed by atoms with E-state index in [2.05, 4.69) is 4.98 Å². The van der Waals surface area contributed by atoms with Gasteiger partial charge in [0.05, 0.1) is 11.2 Å². The first-order valence-corrected chi connectivity index (χ1v) is 8.71. The predicted octanol–water partition coefficient (Wildman–Crippen LogP) is 6.96. The largest absolute Gasteiger partial charge is 0.352 e. The van der Waals surface area contributed by atoms with Crippen molar-refractivity contribution < 1.29 is 10.2 Å². The summed E-state index contributed by atoms with van der Waals surface area (Å²) in [6, 6.07) is 10.6. The molecule has 1 saturated carbocycles. The minimum Gasteiger partial charge on any atom is -0.352 e. The monoisotopic (exact) mass is 329 g/mol. The van der Waals surface area contributed by atoms with E-state index in [1.54, 1.807) is 0 Å². The molecule has 1 aliphatic carbocycles. The predicted molar refractivity (Wildman–Crippen MR) is 98.4 cm³/mol. The molecular weight excluding hydrogens is 304 g/mol. The maximum atomic E-state index is 14.1. The molecule has 24 heavy (non-hydrogen) atoms. The topological polar surface area (TPSA) is 15.8 Å². The molecule has 1 nitrogen and oxygen atoms in total. The molecule has 1 aliphatic rings. The highest BCUT2D eigenvalue weighted by atomic mass is 19.1. The quantitative estimate of drug-likeness (QED) is 0.523. The molecule has 1 aromatic heterocycles. The van der Waals surface area contributed by atoms with Gasteiger partial charge in [0.2, 0.25) is 0 Å². The number of aromatic nitrogens is 1. The molecule has 0 amide bonds. The maximum Gasteiger partial charge on any atom is 0.150 e. The summed E-state index contributed by atoms with van der Waals surface area (Å²) in [5.74, 6) is -0.639. The highest BCUT2D eigenvalue weighted by molar-refractivity contribution is 5.92. The van der Waals surface area contributed by atoms with Crippen LogP contribution in [0.15, 0.2) is 36.4 Å². The van der Waals surface area contributed by atoms with Crippen molar-refractivity contribution in [1.29, 1.82) is 0 Å². The van der Waals surface area contributed by atoms with Crippen LogP contribution in [0, 0.1) is 18.6 Å². The number of fused-ring (bicyclic) bond motifs is 1. The number of hydrogen-bond donors (Lipinski definition) is 1. The van der Waals surface area contributed by atoms with Gasteiger partial charge >= 0.3 is 0 Å². The van der Waals surface area contributed by atoms with E-state index in [9.17, 15) is 8.78 Å². The number of benzene rings is 2. The van der Waals surface area contributed by atoms with Crippen molar-refractivity contribution in [1.82, 2.24) is 4.98 Å². The number of nitrogens with one attached hydrogen (secondary N) is 1. The van der Waals surface area contributed by atoms with Gasteiger partial charge in [-0.2, -0.15) is 0 Å². The number of hydrogen-bond acceptors (Lipinski definition) is 0. The number of aromatic amines is 1. The molecule has 0 atom stereocenters. The Morgan fingerprint density at radius 1 is 1.04 bits per heavy atom. The molecule has 1 N–H and O–H groups in total. The Bertz CT molecular complexity index is 848. The second-order valence-corrected chi connectivity index (χ2v) is 6.22. The third-order valence-corrected chi connectivity index (χ3v) is 4.72. The molecule has 0 spiro atoms. The first kappa shape index (κ1) is 16.7. The summed E-state index contributed by atoms with van der Waals surface area (Å²) in [5.41, 5.74) is 4.64. The lowest BCUT2D eigenvalue weighted by atomic mass is 9.78. The fourth-order valence-corrected chi connectivity index (χ4v) is 3.31. The van der Waals surface area contributed by atoms with Crippen LogP contribution in [0.2, 0.25) is 0 Å². The molecule has 0 radical (unpaired) electrons. The van der Waals surface area contributed by atoms with Crippen LogP contribution < -0.4 is 0 Å². The third kappa shape index (κ3) is 2.83. The first-order chi connectivity index (χ1) is 11.6. The Labute approximate surface area is 143 Å². The molecule has 0 bridgehead atoms. The van der Waals surface area contributed by atoms with E-state index in [0.29, 0.717) is 16.8 Å². The van der Waals surface area contributed by atoms with Gasteiger partial charge in [-0.25, -0.2) is 8.78 Å². The average Bonchev–Trinajstić information content (AvgIpc) is 2.88. The molecule has 3 heteroatoms. The number of rotatable bonds is 2. The van der Waals surface area contributed by atoms with Gasteiger partial charge in [-0.05, 0) is 42.9 Å². The van der Waals surface area contributed by atoms with Gasteiger partial charge in [0.1, 0.15) is 11.6 Å². The van der Waals surface area contributed by atoms with Crippen molar-refractivity contribution in [3.63, 3.8) is 0 Å². The van der Waals surface area contributed by atoms with Crippen LogP contribution >= 0.6 is 0 Å². The number of aryl methyl sites for hydroxylation is 1. The van der Waals surface area contributed by atoms with Crippen molar-refractivity contribution in [2.75, 3.05) is 0 Å². The van der Waals surface area contributed by atoms with Gasteiger partial charge in [0, 0.05) is 12.9 Å². The minimum atomic E-state index is -0.520. The fourth-order valence-electron chi connectivity index (χ4n) is 3.31. The van der Waals surface area contributed by atoms with Crippen molar-refractivity contribution in [3.8, 4) is 11.3 Å². The maximum absolute atomic E-state index is 14.1. The molecular formula is C21H25F2N. The summed E-state index contributed by atoms with van der Waals surface area (Å²) in [6.07, 6.45) is 3.36. The number of halogens is 2. The summed E-state index contributed by atoms with van der Waals surface area (Å²) in [5, 5.41) is 0.692. The van der Waals surface area contributed by atoms with E-state index in [-0.39, 0.29) is 1.43 Å². The second kappa shape index (κ2) is 6.76. The summed E-state index contributed by atoms with van der Waals surface area (Å²) >= 11 is 0. The van der Waals surface area contributed by atoms with Crippen LogP contribution in [0.4, 0.5) is 8.78 Å². The average molecular weight is 329 g/mol. The molecule has 1 heterocycles. The van der Waals surface area contributed by atoms with Crippen molar-refractivity contribution in [2.45, 2.75) is 46.0 Å². The van der Waals surface area contributed by atoms with Gasteiger partial charge in [-0.15, -0.1) is 0 Å². The summed E-state index contributed by atoms with van der Waals surface area (Å²) in [6.45, 7) is 6.04. The third-order valence-electron chi connectivity index (χ3n) is 4.72. The molecule has 2 aromatic carbocycles. The lowest BCUT2D eigenvalue weighted by molar-refractivity contribution is 0.423. The number of H-pyrrole nitrogens is 1. The van der Waals surface area contributed by atoms with Gasteiger partial charge < -0.3 is 4.98 Å². The van der Waals surface area contributed by atoms with E-state index >= 15 is 0 Å². The van der Waals surface area contributed by atoms with E-state index in [4.69, 9.17) is 0 Å². The smallest absolute Gasteiger partial charge is 0.150 e. The lowest BCUT2D eigenvalue weighted by Gasteiger charge is -2.26. The molecule has 1 fully saturated rings. The van der Waals surface area contributed by atoms with Gasteiger partial charge in [0.15, 0.2) is 0 Å². The van der Waals surface area contributed by atoms with E-state index in [0.717, 1.165) is 35.7 Å². The van der Waals surface area contributed by atoms with Crippen molar-refractivity contribution >= 4 is 10.9 Å². The zero-order valence-corrected chi connectivity index (χ0v) is 14.4. The standard InChI is InChI=1S/C19H17F2N.C2H6.H2/c1-11-5-7-13(8-6-11)18-17(12-3-2-4-12)15-9-14(20)10-16(21)19(15)22-18;1-2;/h5-10,12,22H,2-4H2,1H3;1-2H3;1H. The molecule has 0 unspecified atom stereocenters. The zero-order valence-electron chi connectivity index (χ0n) is 14.4. The lowest BCUT2D eigenvalue weighted by Crippen LogP contribution is -2.09. The Balaban J connectivity index is 0.000000726. The van der Waals surface area contributed by atoms with Crippen LogP contribution in [-0.2, 0) is 0 Å². The molecule has 3 aromatic rings. The second-order valence-electron chi connectivity index (χ2n) is 6.22. The zero-order chi connectivity index (χ0) is 17.3. The van der Waals surface area contributed by atoms with E-state index in [1.807, 2.05) is 45.0 Å². The minimum absolute atomic E-state index is 0. The van der Waals surface area contributed by atoms with Gasteiger partial charge in [0.25, 0.3) is 0 Å². The Kier molecular flexibility index (Phi) is 4.70. The Hall–Kier alpha value is -2.16. The van der Waals surface area contributed by atoms with E-state index < -0.39 is 11.6 Å². The van der Waals surface area contributed by atoms with Crippen LogP contribution in [0.1, 0.15) is 51.6 Å². The van der Waals surface area contributed by atoms with Crippen LogP contribution in [0.5, 0.6) is 0 Å². The van der Waals surface area contributed by atoms with Crippen molar-refractivity contribution in [2.24, 2.45) is 0 Å². The molecule has 0 saturated heterocycles. The Morgan fingerprint density at radius 3 is 2.29 bits per heavy atom. The molecule has 0 aliphatic heterocycles. The summed E-state index contributed by atoms with van der Waals surface area (Å²) < 4.78 is 27.8. The van der Waals surface area contributed by atoms with Crippen LogP contribution in [0.25, 0.3) is 22.2 Å². The highest BCUT2D eigenvalue weighted by Crippen LogP contribution is 2.45. The normalized spacial score (nSPS) is 14.2. The van der Waals surface area contributed by atoms with Crippen LogP contribution in [0.3, 0.4) is 0 Å². The Morgan fingerprint density at radius 2 is 1.71 bits per heavy atom. The van der Waals surface area contributed by atoms with Gasteiger partial charge in [-0.3, -0.25) is 0 Å².